The molecule has 0 aliphatic carbocycles. The molecule has 1 saturated heterocycles. The highest BCUT2D eigenvalue weighted by Crippen LogP contribution is 2.44. The van der Waals surface area contributed by atoms with Crippen LogP contribution in [0, 0.1) is 0 Å². The molecule has 22 heteroatoms. The topological polar surface area (TPSA) is 274 Å². The minimum Gasteiger partial charge on any atom is -0.390 e. The van der Waals surface area contributed by atoms with Gasteiger partial charge in [0.15, 0.2) is 17.0 Å². The highest BCUT2D eigenvalue weighted by atomic mass is 31.2. The molecule has 0 bridgehead atoms. The summed E-state index contributed by atoms with van der Waals surface area (Å²) in [5.41, 5.74) is 2.06. The van der Waals surface area contributed by atoms with Crippen LogP contribution in [0.3, 0.4) is 0 Å². The van der Waals surface area contributed by atoms with E-state index in [2.05, 4.69) is 33.8 Å². The molecule has 0 saturated carbocycles. The Labute approximate surface area is 237 Å². The molecule has 1 aliphatic rings. The van der Waals surface area contributed by atoms with E-state index in [1.807, 2.05) is 0 Å². The molecule has 4 rings (SSSR count). The molecule has 7 N–H and O–H groups in total. The smallest absolute Gasteiger partial charge is 0.390 e. The van der Waals surface area contributed by atoms with Crippen molar-refractivity contribution >= 4 is 40.4 Å². The molecule has 0 amide bonds. The number of aliphatic hydroxyl groups excluding tert-OH is 1. The Bertz CT molecular complexity index is 1510. The molecule has 0 spiro atoms. The highest BCUT2D eigenvalue weighted by molar-refractivity contribution is 7.47. The zero-order valence-electron chi connectivity index (χ0n) is 21.5. The van der Waals surface area contributed by atoms with Crippen LogP contribution in [0.4, 0.5) is 5.82 Å². The van der Waals surface area contributed by atoms with Crippen molar-refractivity contribution in [3.8, 4) is 0 Å². The maximum Gasteiger partial charge on any atom is 0.472 e. The van der Waals surface area contributed by atoms with Gasteiger partial charge in [0.2, 0.25) is 0 Å². The summed E-state index contributed by atoms with van der Waals surface area (Å²) in [7, 11) is -14.0. The number of phosphoric acid groups is 3. The number of imidazole rings is 1. The summed E-state index contributed by atoms with van der Waals surface area (Å²) in [6, 6.07) is 6.84. The summed E-state index contributed by atoms with van der Waals surface area (Å²) in [6.07, 6.45) is 0.123. The van der Waals surface area contributed by atoms with Crippen LogP contribution in [0.15, 0.2) is 36.9 Å². The van der Waals surface area contributed by atoms with E-state index in [1.54, 1.807) is 28.8 Å². The molecule has 1 unspecified atom stereocenters. The summed E-state index contributed by atoms with van der Waals surface area (Å²) in [5.74, 6) is 0.381. The summed E-state index contributed by atoms with van der Waals surface area (Å²) in [5, 5.41) is 13.4. The number of benzene rings is 1. The van der Waals surface area contributed by atoms with E-state index in [9.17, 15) is 23.7 Å². The predicted molar refractivity (Wildman–Crippen MR) is 140 cm³/mol. The van der Waals surface area contributed by atoms with Gasteiger partial charge in [-0.05, 0) is 11.1 Å². The van der Waals surface area contributed by atoms with Gasteiger partial charge in [0.05, 0.1) is 38.9 Å². The molecule has 2 aromatic heterocycles. The average Bonchev–Trinajstić information content (AvgIpc) is 3.50. The SMILES string of the molecule is O=P(O)(O)OCCOP(=O)(O)OCc1cccc(CNc2ncnc3c2ncn3[C@H]2C[C@H](O)[C@@H](COP(=O)(O)O)O2)c1. The first kappa shape index (κ1) is 32.7. The Morgan fingerprint density at radius 1 is 0.952 bits per heavy atom. The van der Waals surface area contributed by atoms with E-state index in [0.29, 0.717) is 22.5 Å². The monoisotopic (exact) mass is 655 g/mol. The van der Waals surface area contributed by atoms with Gasteiger partial charge in [-0.15, -0.1) is 0 Å². The number of rotatable bonds is 15. The van der Waals surface area contributed by atoms with Crippen molar-refractivity contribution < 1.29 is 66.1 Å². The van der Waals surface area contributed by atoms with Gasteiger partial charge in [-0.2, -0.15) is 0 Å². The fourth-order valence-corrected chi connectivity index (χ4v) is 5.26. The van der Waals surface area contributed by atoms with Crippen LogP contribution in [0.25, 0.3) is 11.2 Å². The standard InChI is InChI=1S/C20H28N5O14P3/c26-15-7-17(39-16(15)10-37-41(30,31)32)25-12-24-18-19(22-11-23-20(18)25)21-8-13-2-1-3-14(6-13)9-38-42(33,34)36-5-4-35-40(27,28)29/h1-3,6,11-12,15-17,26H,4-5,7-10H2,(H,33,34)(H,21,22,23)(H2,27,28,29)(H2,30,31,32)/t15-,16+,17+/m0/s1. The maximum absolute atomic E-state index is 12.0. The summed E-state index contributed by atoms with van der Waals surface area (Å²) < 4.78 is 59.0. The van der Waals surface area contributed by atoms with E-state index in [1.165, 1.54) is 12.7 Å². The fourth-order valence-electron chi connectivity index (χ4n) is 3.92. The van der Waals surface area contributed by atoms with Crippen molar-refractivity contribution in [3.05, 3.63) is 48.0 Å². The van der Waals surface area contributed by atoms with Crippen molar-refractivity contribution in [2.75, 3.05) is 25.1 Å². The van der Waals surface area contributed by atoms with E-state index in [0.717, 1.165) is 5.56 Å². The average molecular weight is 655 g/mol. The summed E-state index contributed by atoms with van der Waals surface area (Å²) in [6.45, 7) is -1.72. The molecular formula is C20H28N5O14P3. The largest absolute Gasteiger partial charge is 0.472 e. The fraction of sp³-hybridized carbons (Fsp3) is 0.450. The number of aromatic nitrogens is 4. The van der Waals surface area contributed by atoms with Gasteiger partial charge in [-0.3, -0.25) is 22.7 Å². The second-order valence-corrected chi connectivity index (χ2v) is 12.8. The number of nitrogens with zero attached hydrogens (tertiary/aromatic N) is 4. The van der Waals surface area contributed by atoms with E-state index in [4.69, 9.17) is 28.8 Å². The number of aliphatic hydroxyl groups is 1. The molecule has 232 valence electrons. The minimum atomic E-state index is -4.73. The second-order valence-electron chi connectivity index (χ2n) is 8.84. The lowest BCUT2D eigenvalue weighted by molar-refractivity contribution is -0.0424. The first-order chi connectivity index (χ1) is 19.7. The van der Waals surface area contributed by atoms with Crippen LogP contribution in [0.5, 0.6) is 0 Å². The zero-order chi connectivity index (χ0) is 30.5. The van der Waals surface area contributed by atoms with Crippen molar-refractivity contribution in [1.82, 2.24) is 19.5 Å². The Hall–Kier alpha value is -2.18. The lowest BCUT2D eigenvalue weighted by Crippen LogP contribution is -2.25. The van der Waals surface area contributed by atoms with Crippen LogP contribution in [-0.4, -0.2) is 81.1 Å². The van der Waals surface area contributed by atoms with Gasteiger partial charge in [0.1, 0.15) is 18.7 Å². The molecule has 3 heterocycles. The number of hydrogen-bond donors (Lipinski definition) is 7. The highest BCUT2D eigenvalue weighted by Gasteiger charge is 2.37. The van der Waals surface area contributed by atoms with Crippen LogP contribution >= 0.6 is 23.5 Å². The van der Waals surface area contributed by atoms with E-state index < -0.39 is 61.7 Å². The molecule has 42 heavy (non-hydrogen) atoms. The zero-order valence-corrected chi connectivity index (χ0v) is 24.2. The summed E-state index contributed by atoms with van der Waals surface area (Å²) >= 11 is 0. The Morgan fingerprint density at radius 2 is 1.67 bits per heavy atom. The van der Waals surface area contributed by atoms with Gasteiger partial charge in [-0.1, -0.05) is 24.3 Å². The minimum absolute atomic E-state index is 0.106. The number of nitrogens with one attached hydrogen (secondary N) is 1. The number of ether oxygens (including phenoxy) is 1. The van der Waals surface area contributed by atoms with Crippen LogP contribution in [0.2, 0.25) is 0 Å². The third-order valence-electron chi connectivity index (χ3n) is 5.72. The second kappa shape index (κ2) is 13.6. The molecule has 19 nitrogen and oxygen atoms in total. The summed E-state index contributed by atoms with van der Waals surface area (Å²) in [4.78, 5) is 57.6. The lowest BCUT2D eigenvalue weighted by Gasteiger charge is -2.16. The molecule has 1 aromatic carbocycles. The number of fused-ring (bicyclic) bond motifs is 1. The number of anilines is 1. The molecule has 0 radical (unpaired) electrons. The van der Waals surface area contributed by atoms with Crippen LogP contribution < -0.4 is 5.32 Å². The first-order valence-corrected chi connectivity index (χ1v) is 16.6. The van der Waals surface area contributed by atoms with Crippen LogP contribution in [0.1, 0.15) is 23.8 Å². The first-order valence-electron chi connectivity index (χ1n) is 12.0. The predicted octanol–water partition coefficient (Wildman–Crippen LogP) is 0.939. The van der Waals surface area contributed by atoms with Gasteiger partial charge in [0, 0.05) is 13.0 Å². The molecule has 1 fully saturated rings. The van der Waals surface area contributed by atoms with Crippen LogP contribution in [-0.2, 0) is 49.7 Å². The van der Waals surface area contributed by atoms with E-state index >= 15 is 0 Å². The van der Waals surface area contributed by atoms with Crippen molar-refractivity contribution in [3.63, 3.8) is 0 Å². The van der Waals surface area contributed by atoms with Gasteiger partial charge >= 0.3 is 23.5 Å². The Balaban J connectivity index is 1.34. The lowest BCUT2D eigenvalue weighted by atomic mass is 10.1. The molecule has 4 atom stereocenters. The quantitative estimate of drug-likeness (QED) is 0.0886. The van der Waals surface area contributed by atoms with Gasteiger partial charge < -0.3 is 39.6 Å². The third kappa shape index (κ3) is 9.67. The van der Waals surface area contributed by atoms with Gasteiger partial charge in [0.25, 0.3) is 0 Å². The normalized spacial score (nSPS) is 21.0. The molecular weight excluding hydrogens is 627 g/mol. The van der Waals surface area contributed by atoms with Crippen molar-refractivity contribution in [2.45, 2.75) is 38.0 Å². The Morgan fingerprint density at radius 3 is 2.40 bits per heavy atom. The molecule has 1 aliphatic heterocycles. The Kier molecular flexibility index (Phi) is 10.6. The van der Waals surface area contributed by atoms with Crippen molar-refractivity contribution in [1.29, 1.82) is 0 Å². The maximum atomic E-state index is 12.0. The van der Waals surface area contributed by atoms with Crippen molar-refractivity contribution in [2.24, 2.45) is 0 Å². The van der Waals surface area contributed by atoms with E-state index in [-0.39, 0.29) is 19.6 Å². The number of hydrogen-bond acceptors (Lipinski definition) is 13. The third-order valence-corrected chi connectivity index (χ3v) is 7.69. The van der Waals surface area contributed by atoms with Gasteiger partial charge in [-0.25, -0.2) is 28.6 Å². The molecule has 3 aromatic rings. The number of phosphoric ester groups is 3.